The van der Waals surface area contributed by atoms with Gasteiger partial charge in [-0.15, -0.1) is 0 Å². The highest BCUT2D eigenvalue weighted by molar-refractivity contribution is 5.94. The van der Waals surface area contributed by atoms with E-state index in [1.54, 1.807) is 6.92 Å². The second kappa shape index (κ2) is 6.03. The van der Waals surface area contributed by atoms with Crippen LogP contribution in [0.5, 0.6) is 0 Å². The molecule has 1 aromatic carbocycles. The van der Waals surface area contributed by atoms with E-state index in [0.29, 0.717) is 0 Å². The minimum Gasteiger partial charge on any atom is -0.385 e. The number of carbonyl (C=O) groups excluding carboxylic acids is 1. The fraction of sp³-hybridized carbons (Fsp3) is 0.562. The van der Waals surface area contributed by atoms with Gasteiger partial charge in [0.1, 0.15) is 0 Å². The predicted octanol–water partition coefficient (Wildman–Crippen LogP) is 4.13. The fourth-order valence-corrected chi connectivity index (χ4v) is 2.62. The Kier molecular flexibility index (Phi) is 4.40. The van der Waals surface area contributed by atoms with E-state index in [1.807, 2.05) is 24.3 Å². The van der Waals surface area contributed by atoms with Crippen molar-refractivity contribution < 1.29 is 4.79 Å². The van der Waals surface area contributed by atoms with Gasteiger partial charge in [0.2, 0.25) is 0 Å². The molecule has 1 aliphatic carbocycles. The molecule has 0 atom stereocenters. The molecule has 2 rings (SSSR count). The fourth-order valence-electron chi connectivity index (χ4n) is 2.62. The van der Waals surface area contributed by atoms with Gasteiger partial charge in [-0.1, -0.05) is 19.8 Å². The molecule has 2 nitrogen and oxygen atoms in total. The Hall–Kier alpha value is -1.31. The standard InChI is InChI=1S/C16H23NO/c1-12-3-5-14(6-4-12)11-17-16-9-7-15(8-10-16)13(2)18/h7-10,12,14,17H,3-6,11H2,1-2H3. The lowest BCUT2D eigenvalue weighted by Gasteiger charge is -2.26. The van der Waals surface area contributed by atoms with Crippen LogP contribution in [-0.4, -0.2) is 12.3 Å². The van der Waals surface area contributed by atoms with Gasteiger partial charge >= 0.3 is 0 Å². The molecule has 0 aliphatic heterocycles. The van der Waals surface area contributed by atoms with Crippen LogP contribution in [0.4, 0.5) is 5.69 Å². The molecule has 0 amide bonds. The van der Waals surface area contributed by atoms with Crippen molar-refractivity contribution in [2.24, 2.45) is 11.8 Å². The molecule has 0 unspecified atom stereocenters. The van der Waals surface area contributed by atoms with Gasteiger partial charge in [0.25, 0.3) is 0 Å². The highest BCUT2D eigenvalue weighted by Gasteiger charge is 2.17. The van der Waals surface area contributed by atoms with Crippen molar-refractivity contribution in [2.75, 3.05) is 11.9 Å². The number of Topliss-reactive ketones (excluding diaryl/α,β-unsaturated/α-hetero) is 1. The van der Waals surface area contributed by atoms with E-state index in [-0.39, 0.29) is 5.78 Å². The molecular weight excluding hydrogens is 222 g/mol. The van der Waals surface area contributed by atoms with Crippen LogP contribution < -0.4 is 5.32 Å². The zero-order chi connectivity index (χ0) is 13.0. The molecule has 2 heteroatoms. The summed E-state index contributed by atoms with van der Waals surface area (Å²) >= 11 is 0. The Bertz CT molecular complexity index is 388. The lowest BCUT2D eigenvalue weighted by Crippen LogP contribution is -2.20. The largest absolute Gasteiger partial charge is 0.385 e. The lowest BCUT2D eigenvalue weighted by molar-refractivity contribution is 0.101. The Balaban J connectivity index is 1.81. The van der Waals surface area contributed by atoms with Crippen LogP contribution in [0.25, 0.3) is 0 Å². The highest BCUT2D eigenvalue weighted by atomic mass is 16.1. The average Bonchev–Trinajstić information content (AvgIpc) is 2.38. The Labute approximate surface area is 110 Å². The maximum Gasteiger partial charge on any atom is 0.159 e. The van der Waals surface area contributed by atoms with Crippen molar-refractivity contribution in [1.82, 2.24) is 0 Å². The first-order chi connectivity index (χ1) is 8.65. The van der Waals surface area contributed by atoms with E-state index in [2.05, 4.69) is 12.2 Å². The number of anilines is 1. The van der Waals surface area contributed by atoms with Crippen LogP contribution >= 0.6 is 0 Å². The Morgan fingerprint density at radius 3 is 2.33 bits per heavy atom. The van der Waals surface area contributed by atoms with Gasteiger partial charge in [-0.3, -0.25) is 4.79 Å². The smallest absolute Gasteiger partial charge is 0.159 e. The first-order valence-corrected chi connectivity index (χ1v) is 7.00. The molecule has 98 valence electrons. The van der Waals surface area contributed by atoms with Gasteiger partial charge in [0.15, 0.2) is 5.78 Å². The van der Waals surface area contributed by atoms with Crippen molar-refractivity contribution in [2.45, 2.75) is 39.5 Å². The highest BCUT2D eigenvalue weighted by Crippen LogP contribution is 2.28. The summed E-state index contributed by atoms with van der Waals surface area (Å²) in [5.74, 6) is 1.85. The SMILES string of the molecule is CC(=O)c1ccc(NCC2CCC(C)CC2)cc1. The van der Waals surface area contributed by atoms with Crippen LogP contribution in [0.2, 0.25) is 0 Å². The summed E-state index contributed by atoms with van der Waals surface area (Å²) in [4.78, 5) is 11.2. The van der Waals surface area contributed by atoms with E-state index in [4.69, 9.17) is 0 Å². The lowest BCUT2D eigenvalue weighted by atomic mass is 9.83. The molecule has 1 N–H and O–H groups in total. The van der Waals surface area contributed by atoms with E-state index in [0.717, 1.165) is 29.6 Å². The number of nitrogens with one attached hydrogen (secondary N) is 1. The summed E-state index contributed by atoms with van der Waals surface area (Å²) in [6.07, 6.45) is 5.44. The average molecular weight is 245 g/mol. The monoisotopic (exact) mass is 245 g/mol. The van der Waals surface area contributed by atoms with Crippen LogP contribution in [0.15, 0.2) is 24.3 Å². The van der Waals surface area contributed by atoms with Crippen molar-refractivity contribution in [3.05, 3.63) is 29.8 Å². The van der Waals surface area contributed by atoms with Gasteiger partial charge in [-0.05, 0) is 55.9 Å². The van der Waals surface area contributed by atoms with Crippen LogP contribution in [0, 0.1) is 11.8 Å². The first-order valence-electron chi connectivity index (χ1n) is 7.00. The second-order valence-electron chi connectivity index (χ2n) is 5.64. The number of hydrogen-bond acceptors (Lipinski definition) is 2. The normalized spacial score (nSPS) is 23.7. The molecule has 0 heterocycles. The molecule has 0 bridgehead atoms. The van der Waals surface area contributed by atoms with Crippen LogP contribution in [0.1, 0.15) is 49.9 Å². The van der Waals surface area contributed by atoms with E-state index >= 15 is 0 Å². The summed E-state index contributed by atoms with van der Waals surface area (Å²) in [7, 11) is 0. The quantitative estimate of drug-likeness (QED) is 0.808. The van der Waals surface area contributed by atoms with Crippen molar-refractivity contribution in [3.63, 3.8) is 0 Å². The van der Waals surface area contributed by atoms with Gasteiger partial charge < -0.3 is 5.32 Å². The van der Waals surface area contributed by atoms with Gasteiger partial charge in [0.05, 0.1) is 0 Å². The first kappa shape index (κ1) is 13.1. The number of ketones is 1. The molecule has 1 aromatic rings. The molecule has 0 radical (unpaired) electrons. The second-order valence-corrected chi connectivity index (χ2v) is 5.64. The Morgan fingerprint density at radius 1 is 1.17 bits per heavy atom. The van der Waals surface area contributed by atoms with Gasteiger partial charge in [0, 0.05) is 17.8 Å². The third kappa shape index (κ3) is 3.59. The molecule has 1 fully saturated rings. The molecule has 18 heavy (non-hydrogen) atoms. The summed E-state index contributed by atoms with van der Waals surface area (Å²) in [6.45, 7) is 5.02. The number of rotatable bonds is 4. The molecule has 0 aromatic heterocycles. The minimum atomic E-state index is 0.128. The van der Waals surface area contributed by atoms with Crippen LogP contribution in [-0.2, 0) is 0 Å². The summed E-state index contributed by atoms with van der Waals surface area (Å²) < 4.78 is 0. The predicted molar refractivity (Wildman–Crippen MR) is 76.1 cm³/mol. The summed E-state index contributed by atoms with van der Waals surface area (Å²) in [5.41, 5.74) is 1.91. The van der Waals surface area contributed by atoms with Gasteiger partial charge in [-0.2, -0.15) is 0 Å². The van der Waals surface area contributed by atoms with Crippen molar-refractivity contribution >= 4 is 11.5 Å². The number of benzene rings is 1. The molecular formula is C16H23NO. The zero-order valence-corrected chi connectivity index (χ0v) is 11.4. The summed E-state index contributed by atoms with van der Waals surface area (Å²) in [6, 6.07) is 7.80. The maximum atomic E-state index is 11.2. The maximum absolute atomic E-state index is 11.2. The number of carbonyl (C=O) groups is 1. The van der Waals surface area contributed by atoms with E-state index in [1.165, 1.54) is 25.7 Å². The van der Waals surface area contributed by atoms with Gasteiger partial charge in [-0.25, -0.2) is 0 Å². The van der Waals surface area contributed by atoms with Crippen molar-refractivity contribution in [1.29, 1.82) is 0 Å². The van der Waals surface area contributed by atoms with E-state index < -0.39 is 0 Å². The summed E-state index contributed by atoms with van der Waals surface area (Å²) in [5, 5.41) is 3.48. The molecule has 1 saturated carbocycles. The molecule has 0 saturated heterocycles. The zero-order valence-electron chi connectivity index (χ0n) is 11.4. The third-order valence-electron chi connectivity index (χ3n) is 4.02. The van der Waals surface area contributed by atoms with E-state index in [9.17, 15) is 4.79 Å². The Morgan fingerprint density at radius 2 is 1.78 bits per heavy atom. The minimum absolute atomic E-state index is 0.128. The third-order valence-corrected chi connectivity index (χ3v) is 4.02. The molecule has 0 spiro atoms. The topological polar surface area (TPSA) is 29.1 Å². The van der Waals surface area contributed by atoms with Crippen LogP contribution in [0.3, 0.4) is 0 Å². The van der Waals surface area contributed by atoms with Crippen molar-refractivity contribution in [3.8, 4) is 0 Å². The molecule has 1 aliphatic rings. The number of hydrogen-bond donors (Lipinski definition) is 1.